The van der Waals surface area contributed by atoms with Gasteiger partial charge in [-0.25, -0.2) is 24.9 Å². The Labute approximate surface area is 372 Å². The molecule has 0 saturated heterocycles. The van der Waals surface area contributed by atoms with Gasteiger partial charge in [0.1, 0.15) is 0 Å². The number of fused-ring (bicyclic) bond motifs is 1. The average molecular weight is 818 g/mol. The summed E-state index contributed by atoms with van der Waals surface area (Å²) in [6, 6.07) is 81.8. The van der Waals surface area contributed by atoms with E-state index in [1.165, 1.54) is 5.39 Å². The Balaban J connectivity index is 1.04. The second-order valence-electron chi connectivity index (χ2n) is 15.6. The van der Waals surface area contributed by atoms with Crippen LogP contribution in [0.15, 0.2) is 237 Å². The Bertz CT molecular complexity index is 3290. The van der Waals surface area contributed by atoms with E-state index in [1.807, 2.05) is 97.1 Å². The molecule has 0 fully saturated rings. The third-order valence-corrected chi connectivity index (χ3v) is 11.6. The van der Waals surface area contributed by atoms with Crippen molar-refractivity contribution in [1.82, 2.24) is 24.9 Å². The van der Waals surface area contributed by atoms with Crippen LogP contribution in [0.25, 0.3) is 112 Å². The standard InChI is InChI=1S/C59H39N5/c1-5-20-42(21-6-1)53-39-54(61-56(60-53)44-22-7-2-8-23-44)50-31-17-15-28-47(50)41-33-35-43(36-34-41)55-48-29-14-13-19-40(48)37-38-51(55)49-30-16-18-32-52(49)59-63-57(45-24-9-3-10-25-45)62-58(64-59)46-26-11-4-12-27-46/h1-39H. The molecule has 0 radical (unpaired) electrons. The van der Waals surface area contributed by atoms with Crippen LogP contribution < -0.4 is 0 Å². The minimum absolute atomic E-state index is 0.616. The lowest BCUT2D eigenvalue weighted by atomic mass is 9.87. The molecule has 0 aliphatic rings. The van der Waals surface area contributed by atoms with Crippen molar-refractivity contribution in [1.29, 1.82) is 0 Å². The van der Waals surface area contributed by atoms with Crippen LogP contribution >= 0.6 is 0 Å². The summed E-state index contributed by atoms with van der Waals surface area (Å²) in [5.41, 5.74) is 14.1. The van der Waals surface area contributed by atoms with Crippen molar-refractivity contribution in [3.63, 3.8) is 0 Å². The van der Waals surface area contributed by atoms with Gasteiger partial charge in [-0.05, 0) is 50.2 Å². The first-order valence-electron chi connectivity index (χ1n) is 21.4. The van der Waals surface area contributed by atoms with Crippen molar-refractivity contribution in [3.8, 4) is 101 Å². The highest BCUT2D eigenvalue weighted by molar-refractivity contribution is 6.06. The Morgan fingerprint density at radius 3 is 1.27 bits per heavy atom. The first kappa shape index (κ1) is 38.3. The van der Waals surface area contributed by atoms with E-state index in [9.17, 15) is 0 Å². The second-order valence-corrected chi connectivity index (χ2v) is 15.6. The zero-order valence-corrected chi connectivity index (χ0v) is 34.8. The quantitative estimate of drug-likeness (QED) is 0.145. The van der Waals surface area contributed by atoms with E-state index in [2.05, 4.69) is 140 Å². The van der Waals surface area contributed by atoms with E-state index in [0.29, 0.717) is 23.3 Å². The van der Waals surface area contributed by atoms with Gasteiger partial charge in [-0.3, -0.25) is 0 Å². The summed E-state index contributed by atoms with van der Waals surface area (Å²) in [5, 5.41) is 2.33. The minimum Gasteiger partial charge on any atom is -0.228 e. The second kappa shape index (κ2) is 17.0. The van der Waals surface area contributed by atoms with Gasteiger partial charge in [0.15, 0.2) is 23.3 Å². The zero-order valence-electron chi connectivity index (χ0n) is 34.8. The molecule has 11 rings (SSSR count). The Morgan fingerprint density at radius 1 is 0.219 bits per heavy atom. The lowest BCUT2D eigenvalue weighted by Gasteiger charge is -2.18. The molecular formula is C59H39N5. The maximum atomic E-state index is 5.18. The average Bonchev–Trinajstić information content (AvgIpc) is 3.39. The van der Waals surface area contributed by atoms with Crippen molar-refractivity contribution in [3.05, 3.63) is 237 Å². The topological polar surface area (TPSA) is 64.5 Å². The van der Waals surface area contributed by atoms with Gasteiger partial charge in [-0.2, -0.15) is 0 Å². The number of hydrogen-bond donors (Lipinski definition) is 0. The van der Waals surface area contributed by atoms with Gasteiger partial charge in [-0.15, -0.1) is 0 Å². The molecule has 300 valence electrons. The predicted molar refractivity (Wildman–Crippen MR) is 262 cm³/mol. The van der Waals surface area contributed by atoms with Gasteiger partial charge in [0.2, 0.25) is 0 Å². The molecule has 0 spiro atoms. The highest BCUT2D eigenvalue weighted by Crippen LogP contribution is 2.43. The van der Waals surface area contributed by atoms with Crippen LogP contribution in [0.4, 0.5) is 0 Å². The van der Waals surface area contributed by atoms with Gasteiger partial charge in [0, 0.05) is 33.4 Å². The van der Waals surface area contributed by atoms with Crippen molar-refractivity contribution < 1.29 is 0 Å². The summed E-state index contributed by atoms with van der Waals surface area (Å²) < 4.78 is 0. The lowest BCUT2D eigenvalue weighted by Crippen LogP contribution is -2.01. The molecule has 0 bridgehead atoms. The lowest BCUT2D eigenvalue weighted by molar-refractivity contribution is 1.07. The fourth-order valence-electron chi connectivity index (χ4n) is 8.48. The molecule has 0 atom stereocenters. The SMILES string of the molecule is c1ccc(-c2cc(-c3ccccc3-c3ccc(-c4c(-c5ccccc5-c5nc(-c6ccccc6)nc(-c6ccccc6)n5)ccc5ccccc45)cc3)nc(-c3ccccc3)n2)cc1. The van der Waals surface area contributed by atoms with E-state index in [0.717, 1.165) is 83.5 Å². The number of nitrogens with zero attached hydrogens (tertiary/aromatic N) is 5. The molecule has 9 aromatic carbocycles. The van der Waals surface area contributed by atoms with Crippen LogP contribution in [0, 0.1) is 0 Å². The first-order valence-corrected chi connectivity index (χ1v) is 21.4. The zero-order chi connectivity index (χ0) is 42.7. The largest absolute Gasteiger partial charge is 0.228 e. The van der Waals surface area contributed by atoms with Gasteiger partial charge in [-0.1, -0.05) is 231 Å². The number of benzene rings is 9. The number of rotatable bonds is 9. The molecule has 2 aromatic heterocycles. The Kier molecular flexibility index (Phi) is 10.2. The van der Waals surface area contributed by atoms with Crippen molar-refractivity contribution in [2.45, 2.75) is 0 Å². The maximum absolute atomic E-state index is 5.18. The monoisotopic (exact) mass is 817 g/mol. The van der Waals surface area contributed by atoms with Crippen LogP contribution in [0.3, 0.4) is 0 Å². The third kappa shape index (κ3) is 7.52. The molecule has 11 aromatic rings. The molecule has 0 amide bonds. The van der Waals surface area contributed by atoms with Crippen molar-refractivity contribution >= 4 is 10.8 Å². The van der Waals surface area contributed by atoms with Crippen LogP contribution in [0.1, 0.15) is 0 Å². The summed E-state index contributed by atoms with van der Waals surface area (Å²) in [7, 11) is 0. The Hall–Kier alpha value is -8.67. The molecule has 5 heteroatoms. The minimum atomic E-state index is 0.616. The Morgan fingerprint density at radius 2 is 0.656 bits per heavy atom. The van der Waals surface area contributed by atoms with E-state index in [1.54, 1.807) is 0 Å². The first-order chi connectivity index (χ1) is 31.7. The highest BCUT2D eigenvalue weighted by Gasteiger charge is 2.20. The number of aromatic nitrogens is 5. The van der Waals surface area contributed by atoms with Crippen LogP contribution in [-0.4, -0.2) is 24.9 Å². The van der Waals surface area contributed by atoms with E-state index >= 15 is 0 Å². The van der Waals surface area contributed by atoms with E-state index in [-0.39, 0.29) is 0 Å². The normalized spacial score (nSPS) is 11.1. The highest BCUT2D eigenvalue weighted by atomic mass is 15.0. The molecular weight excluding hydrogens is 779 g/mol. The fourth-order valence-corrected chi connectivity index (χ4v) is 8.48. The fraction of sp³-hybridized carbons (Fsp3) is 0. The molecule has 64 heavy (non-hydrogen) atoms. The molecule has 0 N–H and O–H groups in total. The van der Waals surface area contributed by atoms with Crippen molar-refractivity contribution in [2.75, 3.05) is 0 Å². The third-order valence-electron chi connectivity index (χ3n) is 11.6. The van der Waals surface area contributed by atoms with Crippen molar-refractivity contribution in [2.24, 2.45) is 0 Å². The summed E-state index contributed by atoms with van der Waals surface area (Å²) in [6.07, 6.45) is 0. The van der Waals surface area contributed by atoms with Crippen LogP contribution in [0.5, 0.6) is 0 Å². The molecule has 0 saturated carbocycles. The van der Waals surface area contributed by atoms with E-state index in [4.69, 9.17) is 24.9 Å². The molecule has 5 nitrogen and oxygen atoms in total. The summed E-state index contributed by atoms with van der Waals surface area (Å²) in [5.74, 6) is 2.56. The predicted octanol–water partition coefficient (Wildman–Crippen LogP) is 14.8. The molecule has 0 unspecified atom stereocenters. The van der Waals surface area contributed by atoms with Gasteiger partial charge in [0.05, 0.1) is 11.4 Å². The number of hydrogen-bond acceptors (Lipinski definition) is 5. The maximum Gasteiger partial charge on any atom is 0.164 e. The summed E-state index contributed by atoms with van der Waals surface area (Å²) in [6.45, 7) is 0. The van der Waals surface area contributed by atoms with Gasteiger partial charge < -0.3 is 0 Å². The van der Waals surface area contributed by atoms with Gasteiger partial charge >= 0.3 is 0 Å². The summed E-state index contributed by atoms with van der Waals surface area (Å²) in [4.78, 5) is 25.5. The van der Waals surface area contributed by atoms with E-state index < -0.39 is 0 Å². The molecule has 2 heterocycles. The molecule has 0 aliphatic carbocycles. The van der Waals surface area contributed by atoms with Gasteiger partial charge in [0.25, 0.3) is 0 Å². The summed E-state index contributed by atoms with van der Waals surface area (Å²) >= 11 is 0. The van der Waals surface area contributed by atoms with Crippen LogP contribution in [0.2, 0.25) is 0 Å². The van der Waals surface area contributed by atoms with Crippen LogP contribution in [-0.2, 0) is 0 Å². The molecule has 0 aliphatic heterocycles. The smallest absolute Gasteiger partial charge is 0.164 e.